The van der Waals surface area contributed by atoms with Crippen LogP contribution in [0.1, 0.15) is 26.7 Å². The van der Waals surface area contributed by atoms with Crippen molar-refractivity contribution < 1.29 is 14.3 Å². The van der Waals surface area contributed by atoms with Crippen molar-refractivity contribution in [1.82, 2.24) is 0 Å². The minimum Gasteiger partial charge on any atom is -0.389 e. The van der Waals surface area contributed by atoms with Gasteiger partial charge in [-0.3, -0.25) is 4.79 Å². The van der Waals surface area contributed by atoms with E-state index < -0.39 is 11.9 Å². The molecule has 14 heavy (non-hydrogen) atoms. The largest absolute Gasteiger partial charge is 0.389 e. The van der Waals surface area contributed by atoms with Gasteiger partial charge < -0.3 is 4.74 Å². The Balaban J connectivity index is 2.38. The van der Waals surface area contributed by atoms with E-state index in [2.05, 4.69) is 18.6 Å². The Bertz CT molecular complexity index is 372. The van der Waals surface area contributed by atoms with Gasteiger partial charge in [0.15, 0.2) is 0 Å². The number of rotatable bonds is 0. The van der Waals surface area contributed by atoms with Crippen LogP contribution in [-0.2, 0) is 14.3 Å². The summed E-state index contributed by atoms with van der Waals surface area (Å²) in [6.45, 7) is 4.11. The van der Waals surface area contributed by atoms with E-state index in [9.17, 15) is 9.59 Å². The first-order valence-corrected chi connectivity index (χ1v) is 4.64. The molecule has 0 aromatic heterocycles. The van der Waals surface area contributed by atoms with Crippen LogP contribution in [0.15, 0.2) is 23.3 Å². The van der Waals surface area contributed by atoms with Crippen LogP contribution in [0, 0.1) is 5.41 Å². The maximum atomic E-state index is 11.4. The summed E-state index contributed by atoms with van der Waals surface area (Å²) in [4.78, 5) is 22.4. The SMILES string of the molecule is CC1(C)C=CC2=C(C1)C(=O)OC(=O)C2. The van der Waals surface area contributed by atoms with Gasteiger partial charge in [-0.1, -0.05) is 26.0 Å². The summed E-state index contributed by atoms with van der Waals surface area (Å²) in [5.74, 6) is -0.910. The third-order valence-corrected chi connectivity index (χ3v) is 2.54. The van der Waals surface area contributed by atoms with Gasteiger partial charge in [0.2, 0.25) is 0 Å². The average molecular weight is 192 g/mol. The molecule has 0 N–H and O–H groups in total. The maximum absolute atomic E-state index is 11.4. The van der Waals surface area contributed by atoms with Crippen molar-refractivity contribution in [2.45, 2.75) is 26.7 Å². The highest BCUT2D eigenvalue weighted by molar-refractivity contribution is 6.01. The van der Waals surface area contributed by atoms with Crippen LogP contribution in [0.2, 0.25) is 0 Å². The van der Waals surface area contributed by atoms with E-state index in [-0.39, 0.29) is 11.8 Å². The Morgan fingerprint density at radius 1 is 1.36 bits per heavy atom. The minimum atomic E-state index is -0.464. The zero-order valence-electron chi connectivity index (χ0n) is 8.29. The Labute approximate surface area is 82.4 Å². The smallest absolute Gasteiger partial charge is 0.341 e. The van der Waals surface area contributed by atoms with E-state index in [1.807, 2.05) is 12.2 Å². The Morgan fingerprint density at radius 2 is 2.07 bits per heavy atom. The summed E-state index contributed by atoms with van der Waals surface area (Å²) in [5, 5.41) is 0. The first-order chi connectivity index (χ1) is 6.48. The topological polar surface area (TPSA) is 43.4 Å². The molecule has 0 atom stereocenters. The third-order valence-electron chi connectivity index (χ3n) is 2.54. The molecule has 2 rings (SSSR count). The second-order valence-electron chi connectivity index (χ2n) is 4.44. The zero-order valence-corrected chi connectivity index (χ0v) is 8.29. The van der Waals surface area contributed by atoms with Crippen molar-refractivity contribution in [2.24, 2.45) is 5.41 Å². The molecule has 74 valence electrons. The number of esters is 2. The van der Waals surface area contributed by atoms with Crippen LogP contribution >= 0.6 is 0 Å². The van der Waals surface area contributed by atoms with E-state index in [0.717, 1.165) is 5.57 Å². The van der Waals surface area contributed by atoms with Gasteiger partial charge in [0, 0.05) is 5.57 Å². The van der Waals surface area contributed by atoms with Crippen LogP contribution in [0.25, 0.3) is 0 Å². The molecule has 0 radical (unpaired) electrons. The molecule has 3 nitrogen and oxygen atoms in total. The lowest BCUT2D eigenvalue weighted by Crippen LogP contribution is -2.27. The number of ether oxygens (including phenoxy) is 1. The summed E-state index contributed by atoms with van der Waals surface area (Å²) >= 11 is 0. The molecule has 3 heteroatoms. The Morgan fingerprint density at radius 3 is 2.79 bits per heavy atom. The Hall–Kier alpha value is -1.38. The summed E-state index contributed by atoms with van der Waals surface area (Å²) in [7, 11) is 0. The van der Waals surface area contributed by atoms with Gasteiger partial charge in [-0.2, -0.15) is 0 Å². The Kier molecular flexibility index (Phi) is 1.84. The third kappa shape index (κ3) is 1.50. The fourth-order valence-corrected chi connectivity index (χ4v) is 1.78. The molecule has 2 aliphatic rings. The molecule has 0 aromatic rings. The quantitative estimate of drug-likeness (QED) is 0.433. The molecule has 0 amide bonds. The normalized spacial score (nSPS) is 24.7. The fraction of sp³-hybridized carbons (Fsp3) is 0.455. The first kappa shape index (κ1) is 9.19. The van der Waals surface area contributed by atoms with Crippen molar-refractivity contribution in [1.29, 1.82) is 0 Å². The number of carbonyl (C=O) groups is 2. The van der Waals surface area contributed by atoms with E-state index in [1.54, 1.807) is 0 Å². The maximum Gasteiger partial charge on any atom is 0.341 e. The molecule has 0 spiro atoms. The number of cyclic esters (lactones) is 2. The van der Waals surface area contributed by atoms with Gasteiger partial charge in [-0.25, -0.2) is 4.79 Å². The molecule has 0 fully saturated rings. The van der Waals surface area contributed by atoms with Crippen molar-refractivity contribution in [3.8, 4) is 0 Å². The summed E-state index contributed by atoms with van der Waals surface area (Å²) < 4.78 is 4.58. The number of allylic oxidation sites excluding steroid dienone is 2. The molecule has 1 aliphatic heterocycles. The minimum absolute atomic E-state index is 0.0156. The fourth-order valence-electron chi connectivity index (χ4n) is 1.78. The predicted octanol–water partition coefficient (Wildman–Crippen LogP) is 1.74. The van der Waals surface area contributed by atoms with Gasteiger partial charge in [-0.15, -0.1) is 0 Å². The van der Waals surface area contributed by atoms with E-state index in [1.165, 1.54) is 0 Å². The second-order valence-corrected chi connectivity index (χ2v) is 4.44. The molecular formula is C11H12O3. The lowest BCUT2D eigenvalue weighted by Gasteiger charge is -2.28. The summed E-state index contributed by atoms with van der Waals surface area (Å²) in [6.07, 6.45) is 4.80. The highest BCUT2D eigenvalue weighted by Crippen LogP contribution is 2.36. The molecule has 0 aromatic carbocycles. The van der Waals surface area contributed by atoms with Gasteiger partial charge in [0.25, 0.3) is 0 Å². The molecule has 0 bridgehead atoms. The van der Waals surface area contributed by atoms with Gasteiger partial charge in [0.1, 0.15) is 0 Å². The van der Waals surface area contributed by atoms with Crippen LogP contribution in [-0.4, -0.2) is 11.9 Å². The summed E-state index contributed by atoms with van der Waals surface area (Å²) in [5.41, 5.74) is 1.47. The van der Waals surface area contributed by atoms with Crippen molar-refractivity contribution >= 4 is 11.9 Å². The molecule has 1 heterocycles. The predicted molar refractivity (Wildman–Crippen MR) is 50.3 cm³/mol. The van der Waals surface area contributed by atoms with Gasteiger partial charge in [-0.05, 0) is 17.4 Å². The van der Waals surface area contributed by atoms with Crippen LogP contribution in [0.5, 0.6) is 0 Å². The lowest BCUT2D eigenvalue weighted by atomic mass is 9.78. The number of carbonyl (C=O) groups excluding carboxylic acids is 2. The lowest BCUT2D eigenvalue weighted by molar-refractivity contribution is -0.157. The first-order valence-electron chi connectivity index (χ1n) is 4.64. The van der Waals surface area contributed by atoms with Crippen molar-refractivity contribution in [2.75, 3.05) is 0 Å². The second kappa shape index (κ2) is 2.80. The van der Waals surface area contributed by atoms with Crippen molar-refractivity contribution in [3.63, 3.8) is 0 Å². The van der Waals surface area contributed by atoms with E-state index >= 15 is 0 Å². The number of hydrogen-bond donors (Lipinski definition) is 0. The van der Waals surface area contributed by atoms with Crippen LogP contribution in [0.4, 0.5) is 0 Å². The highest BCUT2D eigenvalue weighted by Gasteiger charge is 2.32. The average Bonchev–Trinajstić information content (AvgIpc) is 2.06. The zero-order chi connectivity index (χ0) is 10.3. The van der Waals surface area contributed by atoms with Gasteiger partial charge in [0.05, 0.1) is 6.42 Å². The highest BCUT2D eigenvalue weighted by atomic mass is 16.6. The monoisotopic (exact) mass is 192 g/mol. The van der Waals surface area contributed by atoms with E-state index in [0.29, 0.717) is 12.0 Å². The molecule has 0 saturated carbocycles. The van der Waals surface area contributed by atoms with E-state index in [4.69, 9.17) is 0 Å². The summed E-state index contributed by atoms with van der Waals surface area (Å²) in [6, 6.07) is 0. The van der Waals surface area contributed by atoms with Gasteiger partial charge >= 0.3 is 11.9 Å². The number of hydrogen-bond acceptors (Lipinski definition) is 3. The standard InChI is InChI=1S/C11H12O3/c1-11(2)4-3-7-5-9(12)14-10(13)8(7)6-11/h3-4H,5-6H2,1-2H3. The molecular weight excluding hydrogens is 180 g/mol. The molecule has 0 unspecified atom stereocenters. The van der Waals surface area contributed by atoms with Crippen LogP contribution < -0.4 is 0 Å². The van der Waals surface area contributed by atoms with Crippen molar-refractivity contribution in [3.05, 3.63) is 23.3 Å². The molecule has 0 saturated heterocycles. The van der Waals surface area contributed by atoms with Crippen LogP contribution in [0.3, 0.4) is 0 Å². The molecule has 1 aliphatic carbocycles.